The third kappa shape index (κ3) is 5.07. The Balaban J connectivity index is 1.31. The van der Waals surface area contributed by atoms with Crippen molar-refractivity contribution < 1.29 is 4.79 Å². The fourth-order valence-corrected chi connectivity index (χ4v) is 3.61. The van der Waals surface area contributed by atoms with Crippen LogP contribution in [0.15, 0.2) is 72.4 Å². The summed E-state index contributed by atoms with van der Waals surface area (Å²) in [6.07, 6.45) is 4.09. The molecule has 0 bridgehead atoms. The molecule has 6 nitrogen and oxygen atoms in total. The molecule has 2 heterocycles. The molecule has 4 rings (SSSR count). The molecule has 0 aliphatic heterocycles. The molecule has 0 unspecified atom stereocenters. The summed E-state index contributed by atoms with van der Waals surface area (Å²) in [6, 6.07) is 17.4. The number of carbonyl (C=O) groups excluding carboxylic acids is 1. The van der Waals surface area contributed by atoms with Gasteiger partial charge >= 0.3 is 0 Å². The molecule has 2 N–H and O–H groups in total. The van der Waals surface area contributed by atoms with E-state index in [0.717, 1.165) is 28.4 Å². The van der Waals surface area contributed by atoms with E-state index >= 15 is 0 Å². The number of nitrogens with zero attached hydrogens (tertiary/aromatic N) is 3. The summed E-state index contributed by atoms with van der Waals surface area (Å²) < 4.78 is 0. The van der Waals surface area contributed by atoms with E-state index < -0.39 is 0 Å². The lowest BCUT2D eigenvalue weighted by Crippen LogP contribution is -2.25. The van der Waals surface area contributed by atoms with Crippen LogP contribution < -0.4 is 10.6 Å². The van der Waals surface area contributed by atoms with Crippen molar-refractivity contribution in [3.8, 4) is 11.3 Å². The monoisotopic (exact) mass is 415 g/mol. The largest absolute Gasteiger partial charge is 0.352 e. The smallest absolute Gasteiger partial charge is 0.251 e. The molecule has 0 aliphatic rings. The summed E-state index contributed by atoms with van der Waals surface area (Å²) in [4.78, 5) is 25.3. The zero-order valence-corrected chi connectivity index (χ0v) is 17.3. The fourth-order valence-electron chi connectivity index (χ4n) is 2.99. The van der Waals surface area contributed by atoms with Gasteiger partial charge in [0.05, 0.1) is 10.7 Å². The molecule has 2 aromatic heterocycles. The van der Waals surface area contributed by atoms with Crippen LogP contribution in [-0.4, -0.2) is 27.4 Å². The van der Waals surface area contributed by atoms with E-state index in [1.54, 1.807) is 41.9 Å². The highest BCUT2D eigenvalue weighted by molar-refractivity contribution is 7.09. The SMILES string of the molecule is Cc1nc(-c2ccc(CCNC(=O)c3cccc(Nc4ncccn4)c3)cc2)cs1. The average Bonchev–Trinajstić information content (AvgIpc) is 3.21. The Morgan fingerprint density at radius 2 is 1.83 bits per heavy atom. The van der Waals surface area contributed by atoms with E-state index in [1.807, 2.05) is 19.1 Å². The summed E-state index contributed by atoms with van der Waals surface area (Å²) >= 11 is 1.65. The van der Waals surface area contributed by atoms with Gasteiger partial charge in [-0.1, -0.05) is 30.3 Å². The molecule has 7 heteroatoms. The minimum Gasteiger partial charge on any atom is -0.352 e. The summed E-state index contributed by atoms with van der Waals surface area (Å²) in [5, 5.41) is 9.20. The van der Waals surface area contributed by atoms with Crippen LogP contribution in [0.1, 0.15) is 20.9 Å². The lowest BCUT2D eigenvalue weighted by Gasteiger charge is -2.08. The van der Waals surface area contributed by atoms with Gasteiger partial charge in [0.25, 0.3) is 5.91 Å². The normalized spacial score (nSPS) is 10.6. The van der Waals surface area contributed by atoms with Crippen molar-refractivity contribution in [3.05, 3.63) is 88.5 Å². The van der Waals surface area contributed by atoms with Gasteiger partial charge in [-0.05, 0) is 43.2 Å². The molecular weight excluding hydrogens is 394 g/mol. The number of carbonyl (C=O) groups is 1. The Morgan fingerprint density at radius 1 is 1.03 bits per heavy atom. The highest BCUT2D eigenvalue weighted by Crippen LogP contribution is 2.22. The first kappa shape index (κ1) is 19.7. The van der Waals surface area contributed by atoms with Crippen LogP contribution in [0, 0.1) is 6.92 Å². The van der Waals surface area contributed by atoms with Crippen LogP contribution in [0.5, 0.6) is 0 Å². The zero-order valence-electron chi connectivity index (χ0n) is 16.5. The molecular formula is C23H21N5OS. The van der Waals surface area contributed by atoms with Gasteiger partial charge in [0.2, 0.25) is 5.95 Å². The molecule has 0 fully saturated rings. The van der Waals surface area contributed by atoms with Gasteiger partial charge < -0.3 is 10.6 Å². The van der Waals surface area contributed by atoms with E-state index in [0.29, 0.717) is 18.1 Å². The Bertz CT molecular complexity index is 1130. The third-order valence-electron chi connectivity index (χ3n) is 4.51. The van der Waals surface area contributed by atoms with Gasteiger partial charge in [-0.15, -0.1) is 11.3 Å². The molecule has 30 heavy (non-hydrogen) atoms. The average molecular weight is 416 g/mol. The minimum atomic E-state index is -0.109. The van der Waals surface area contributed by atoms with Gasteiger partial charge in [-0.25, -0.2) is 15.0 Å². The predicted molar refractivity (Wildman–Crippen MR) is 120 cm³/mol. The van der Waals surface area contributed by atoms with Gasteiger partial charge in [0.1, 0.15) is 0 Å². The Kier molecular flexibility index (Phi) is 6.10. The third-order valence-corrected chi connectivity index (χ3v) is 5.29. The van der Waals surface area contributed by atoms with Gasteiger partial charge in [-0.2, -0.15) is 0 Å². The highest BCUT2D eigenvalue weighted by atomic mass is 32.1. The Labute approximate surface area is 179 Å². The Morgan fingerprint density at radius 3 is 2.57 bits per heavy atom. The van der Waals surface area contributed by atoms with Crippen molar-refractivity contribution in [1.29, 1.82) is 0 Å². The molecule has 0 spiro atoms. The first-order valence-corrected chi connectivity index (χ1v) is 10.5. The molecule has 2 aromatic carbocycles. The lowest BCUT2D eigenvalue weighted by atomic mass is 10.1. The maximum Gasteiger partial charge on any atom is 0.251 e. The van der Waals surface area contributed by atoms with Crippen LogP contribution >= 0.6 is 11.3 Å². The number of nitrogens with one attached hydrogen (secondary N) is 2. The number of rotatable bonds is 7. The maximum absolute atomic E-state index is 12.5. The van der Waals surface area contributed by atoms with Crippen molar-refractivity contribution in [2.75, 3.05) is 11.9 Å². The van der Waals surface area contributed by atoms with Crippen molar-refractivity contribution in [2.24, 2.45) is 0 Å². The molecule has 0 aliphatic carbocycles. The number of hydrogen-bond acceptors (Lipinski definition) is 6. The van der Waals surface area contributed by atoms with Crippen molar-refractivity contribution in [3.63, 3.8) is 0 Å². The molecule has 0 radical (unpaired) electrons. The fraction of sp³-hybridized carbons (Fsp3) is 0.130. The second-order valence-corrected chi connectivity index (χ2v) is 7.80. The number of aryl methyl sites for hydroxylation is 1. The van der Waals surface area contributed by atoms with E-state index in [-0.39, 0.29) is 5.91 Å². The Hall–Kier alpha value is -3.58. The summed E-state index contributed by atoms with van der Waals surface area (Å²) in [5.74, 6) is 0.383. The molecule has 4 aromatic rings. The molecule has 0 saturated carbocycles. The van der Waals surface area contributed by atoms with Gasteiger partial charge in [0, 0.05) is 41.1 Å². The number of aromatic nitrogens is 3. The van der Waals surface area contributed by atoms with Crippen molar-refractivity contribution in [2.45, 2.75) is 13.3 Å². The van der Waals surface area contributed by atoms with Gasteiger partial charge in [-0.3, -0.25) is 4.79 Å². The second-order valence-electron chi connectivity index (χ2n) is 6.73. The molecule has 1 amide bonds. The standard InChI is InChI=1S/C23H21N5OS/c1-16-27-21(15-30-16)18-8-6-17(7-9-18)10-13-24-22(29)19-4-2-5-20(14-19)28-23-25-11-3-12-26-23/h2-9,11-12,14-15H,10,13H2,1H3,(H,24,29)(H,25,26,28). The quantitative estimate of drug-likeness (QED) is 0.460. The number of thiazole rings is 1. The van der Waals surface area contributed by atoms with E-state index in [1.165, 1.54) is 5.56 Å². The second kappa shape index (κ2) is 9.28. The lowest BCUT2D eigenvalue weighted by molar-refractivity contribution is 0.0954. The van der Waals surface area contributed by atoms with E-state index in [4.69, 9.17) is 0 Å². The number of anilines is 2. The molecule has 0 atom stereocenters. The highest BCUT2D eigenvalue weighted by Gasteiger charge is 2.07. The van der Waals surface area contributed by atoms with Crippen molar-refractivity contribution >= 4 is 28.9 Å². The summed E-state index contributed by atoms with van der Waals surface area (Å²) in [5.41, 5.74) is 4.64. The van der Waals surface area contributed by atoms with Crippen LogP contribution in [-0.2, 0) is 6.42 Å². The first-order chi connectivity index (χ1) is 14.7. The minimum absolute atomic E-state index is 0.109. The first-order valence-electron chi connectivity index (χ1n) is 9.61. The molecule has 150 valence electrons. The van der Waals surface area contributed by atoms with Gasteiger partial charge in [0.15, 0.2) is 0 Å². The van der Waals surface area contributed by atoms with Crippen LogP contribution in [0.4, 0.5) is 11.6 Å². The van der Waals surface area contributed by atoms with E-state index in [9.17, 15) is 4.79 Å². The van der Waals surface area contributed by atoms with Crippen LogP contribution in [0.3, 0.4) is 0 Å². The maximum atomic E-state index is 12.5. The topological polar surface area (TPSA) is 79.8 Å². The number of amides is 1. The van der Waals surface area contributed by atoms with E-state index in [2.05, 4.69) is 55.2 Å². The summed E-state index contributed by atoms with van der Waals surface area (Å²) in [6.45, 7) is 2.57. The summed E-state index contributed by atoms with van der Waals surface area (Å²) in [7, 11) is 0. The number of benzene rings is 2. The van der Waals surface area contributed by atoms with Crippen LogP contribution in [0.25, 0.3) is 11.3 Å². The van der Waals surface area contributed by atoms with Crippen molar-refractivity contribution in [1.82, 2.24) is 20.3 Å². The zero-order chi connectivity index (χ0) is 20.8. The van der Waals surface area contributed by atoms with Crippen LogP contribution in [0.2, 0.25) is 0 Å². The predicted octanol–water partition coefficient (Wildman–Crippen LogP) is 4.62. The molecule has 0 saturated heterocycles. The number of hydrogen-bond donors (Lipinski definition) is 2.